The third-order valence-electron chi connectivity index (χ3n) is 4.24. The van der Waals surface area contributed by atoms with Crippen LogP contribution >= 0.6 is 11.8 Å². The van der Waals surface area contributed by atoms with E-state index in [4.69, 9.17) is 10.5 Å². The number of hydrogen-bond acceptors (Lipinski definition) is 3. The van der Waals surface area contributed by atoms with Gasteiger partial charge in [-0.3, -0.25) is 0 Å². The summed E-state index contributed by atoms with van der Waals surface area (Å²) in [5.74, 6) is 0.988. The third kappa shape index (κ3) is 2.26. The van der Waals surface area contributed by atoms with E-state index in [2.05, 4.69) is 25.3 Å². The molecule has 0 heterocycles. The second-order valence-electron chi connectivity index (χ2n) is 5.21. The highest BCUT2D eigenvalue weighted by Gasteiger charge is 2.36. The van der Waals surface area contributed by atoms with E-state index in [0.717, 1.165) is 12.3 Å². The maximum Gasteiger partial charge on any atom is 0.122 e. The fourth-order valence-electron chi connectivity index (χ4n) is 3.10. The quantitative estimate of drug-likeness (QED) is 0.846. The average molecular weight is 265 g/mol. The summed E-state index contributed by atoms with van der Waals surface area (Å²) >= 11 is 1.82. The molecule has 2 rings (SSSR count). The lowest BCUT2D eigenvalue weighted by Crippen LogP contribution is -2.32. The smallest absolute Gasteiger partial charge is 0.122 e. The first kappa shape index (κ1) is 13.8. The summed E-state index contributed by atoms with van der Waals surface area (Å²) in [7, 11) is 1.74. The van der Waals surface area contributed by atoms with Crippen molar-refractivity contribution in [3.8, 4) is 5.75 Å². The molecule has 0 atom stereocenters. The van der Waals surface area contributed by atoms with Gasteiger partial charge in [-0.1, -0.05) is 12.8 Å². The van der Waals surface area contributed by atoms with Crippen LogP contribution < -0.4 is 10.5 Å². The molecule has 0 radical (unpaired) electrons. The number of thioether (sulfide) groups is 1. The van der Waals surface area contributed by atoms with E-state index >= 15 is 0 Å². The lowest BCUT2D eigenvalue weighted by molar-refractivity contribution is 0.402. The van der Waals surface area contributed by atoms with Crippen molar-refractivity contribution in [2.45, 2.75) is 42.9 Å². The molecule has 2 nitrogen and oxygen atoms in total. The van der Waals surface area contributed by atoms with Crippen LogP contribution in [0.5, 0.6) is 5.75 Å². The van der Waals surface area contributed by atoms with Crippen molar-refractivity contribution in [2.75, 3.05) is 19.9 Å². The fourth-order valence-corrected chi connectivity index (χ4v) is 3.89. The zero-order valence-electron chi connectivity index (χ0n) is 11.6. The van der Waals surface area contributed by atoms with Crippen LogP contribution in [0.1, 0.15) is 36.8 Å². The Hall–Kier alpha value is -0.670. The van der Waals surface area contributed by atoms with Gasteiger partial charge in [0.2, 0.25) is 0 Å². The Balaban J connectivity index is 2.53. The summed E-state index contributed by atoms with van der Waals surface area (Å²) in [6.45, 7) is 2.85. The molecule has 1 aromatic rings. The maximum atomic E-state index is 6.10. The van der Waals surface area contributed by atoms with Crippen molar-refractivity contribution in [3.63, 3.8) is 0 Å². The monoisotopic (exact) mass is 265 g/mol. The molecule has 0 aromatic heterocycles. The summed E-state index contributed by atoms with van der Waals surface area (Å²) in [5.41, 5.74) is 8.89. The van der Waals surface area contributed by atoms with Gasteiger partial charge in [0.05, 0.1) is 7.11 Å². The standard InChI is InChI=1S/C15H23NOS/c1-11-8-14(18-3)12(9-13(11)17-2)15(10-16)6-4-5-7-15/h8-9H,4-7,10,16H2,1-3H3. The number of rotatable bonds is 4. The zero-order chi connectivity index (χ0) is 13.2. The molecular weight excluding hydrogens is 242 g/mol. The number of methoxy groups -OCH3 is 1. The van der Waals surface area contributed by atoms with Gasteiger partial charge in [-0.25, -0.2) is 0 Å². The molecular formula is C15H23NOS. The van der Waals surface area contributed by atoms with Crippen LogP contribution in [0.3, 0.4) is 0 Å². The molecule has 0 bridgehead atoms. The summed E-state index contributed by atoms with van der Waals surface area (Å²) in [4.78, 5) is 1.36. The van der Waals surface area contributed by atoms with Crippen LogP contribution in [0, 0.1) is 6.92 Å². The minimum absolute atomic E-state index is 0.180. The fraction of sp³-hybridized carbons (Fsp3) is 0.600. The Bertz CT molecular complexity index is 425. The number of benzene rings is 1. The predicted octanol–water partition coefficient (Wildman–Crippen LogP) is 3.50. The molecule has 0 aliphatic heterocycles. The molecule has 0 saturated heterocycles. The van der Waals surface area contributed by atoms with E-state index < -0.39 is 0 Å². The first-order valence-corrected chi connectivity index (χ1v) is 7.82. The second-order valence-corrected chi connectivity index (χ2v) is 6.06. The van der Waals surface area contributed by atoms with E-state index in [1.165, 1.54) is 41.7 Å². The van der Waals surface area contributed by atoms with Gasteiger partial charge in [-0.2, -0.15) is 0 Å². The molecule has 1 aromatic carbocycles. The van der Waals surface area contributed by atoms with Crippen LogP contribution in [0.25, 0.3) is 0 Å². The van der Waals surface area contributed by atoms with Gasteiger partial charge in [-0.15, -0.1) is 11.8 Å². The molecule has 100 valence electrons. The van der Waals surface area contributed by atoms with Crippen LogP contribution in [-0.4, -0.2) is 19.9 Å². The maximum absolute atomic E-state index is 6.10. The predicted molar refractivity (Wildman–Crippen MR) is 78.7 cm³/mol. The number of ether oxygens (including phenoxy) is 1. The Morgan fingerprint density at radius 2 is 2.00 bits per heavy atom. The van der Waals surface area contributed by atoms with Gasteiger partial charge in [0.25, 0.3) is 0 Å². The van der Waals surface area contributed by atoms with Gasteiger partial charge in [0.1, 0.15) is 5.75 Å². The largest absolute Gasteiger partial charge is 0.496 e. The highest BCUT2D eigenvalue weighted by Crippen LogP contribution is 2.45. The van der Waals surface area contributed by atoms with Crippen LogP contribution in [0.2, 0.25) is 0 Å². The Morgan fingerprint density at radius 3 is 2.50 bits per heavy atom. The summed E-state index contributed by atoms with van der Waals surface area (Å²) in [5, 5.41) is 0. The Kier molecular flexibility index (Phi) is 4.23. The van der Waals surface area contributed by atoms with Crippen LogP contribution in [0.15, 0.2) is 17.0 Å². The molecule has 0 unspecified atom stereocenters. The van der Waals surface area contributed by atoms with Gasteiger partial charge in [0.15, 0.2) is 0 Å². The molecule has 3 heteroatoms. The Morgan fingerprint density at radius 1 is 1.33 bits per heavy atom. The van der Waals surface area contributed by atoms with E-state index in [1.54, 1.807) is 7.11 Å². The molecule has 0 amide bonds. The summed E-state index contributed by atoms with van der Waals surface area (Å²) in [6, 6.07) is 4.47. The first-order chi connectivity index (χ1) is 8.66. The average Bonchev–Trinajstić information content (AvgIpc) is 2.88. The van der Waals surface area contributed by atoms with E-state index in [-0.39, 0.29) is 5.41 Å². The molecule has 1 aliphatic rings. The van der Waals surface area contributed by atoms with Gasteiger partial charge in [-0.05, 0) is 49.3 Å². The summed E-state index contributed by atoms with van der Waals surface area (Å²) < 4.78 is 5.48. The number of nitrogens with two attached hydrogens (primary N) is 1. The normalized spacial score (nSPS) is 18.0. The zero-order valence-corrected chi connectivity index (χ0v) is 12.4. The molecule has 1 aliphatic carbocycles. The van der Waals surface area contributed by atoms with E-state index in [0.29, 0.717) is 0 Å². The van der Waals surface area contributed by atoms with E-state index in [1.807, 2.05) is 11.8 Å². The van der Waals surface area contributed by atoms with Crippen molar-refractivity contribution in [1.82, 2.24) is 0 Å². The lowest BCUT2D eigenvalue weighted by Gasteiger charge is -2.30. The molecule has 0 spiro atoms. The second kappa shape index (κ2) is 5.54. The van der Waals surface area contributed by atoms with Gasteiger partial charge >= 0.3 is 0 Å². The van der Waals surface area contributed by atoms with Gasteiger partial charge < -0.3 is 10.5 Å². The third-order valence-corrected chi connectivity index (χ3v) is 5.02. The lowest BCUT2D eigenvalue weighted by atomic mass is 9.78. The van der Waals surface area contributed by atoms with Crippen molar-refractivity contribution in [2.24, 2.45) is 5.73 Å². The molecule has 18 heavy (non-hydrogen) atoms. The number of hydrogen-bond donors (Lipinski definition) is 1. The van der Waals surface area contributed by atoms with Crippen molar-refractivity contribution in [3.05, 3.63) is 23.3 Å². The highest BCUT2D eigenvalue weighted by molar-refractivity contribution is 7.98. The Labute approximate surface area is 114 Å². The van der Waals surface area contributed by atoms with Gasteiger partial charge in [0, 0.05) is 16.9 Å². The van der Waals surface area contributed by atoms with Crippen molar-refractivity contribution < 1.29 is 4.74 Å². The minimum Gasteiger partial charge on any atom is -0.496 e. The molecule has 2 N–H and O–H groups in total. The van der Waals surface area contributed by atoms with Crippen molar-refractivity contribution in [1.29, 1.82) is 0 Å². The van der Waals surface area contributed by atoms with Crippen LogP contribution in [0.4, 0.5) is 0 Å². The summed E-state index contributed by atoms with van der Waals surface area (Å²) in [6.07, 6.45) is 7.15. The highest BCUT2D eigenvalue weighted by atomic mass is 32.2. The molecule has 1 saturated carbocycles. The topological polar surface area (TPSA) is 35.2 Å². The van der Waals surface area contributed by atoms with Crippen molar-refractivity contribution >= 4 is 11.8 Å². The van der Waals surface area contributed by atoms with E-state index in [9.17, 15) is 0 Å². The SMILES string of the molecule is COc1cc(C2(CN)CCCC2)c(SC)cc1C. The minimum atomic E-state index is 0.180. The first-order valence-electron chi connectivity index (χ1n) is 6.60. The molecule has 1 fully saturated rings. The number of aryl methyl sites for hydroxylation is 1. The van der Waals surface area contributed by atoms with Crippen LogP contribution in [-0.2, 0) is 5.41 Å².